The molecule has 0 atom stereocenters. The maximum Gasteiger partial charge on any atom is 0.205 e. The van der Waals surface area contributed by atoms with E-state index in [1.165, 1.54) is 5.56 Å². The van der Waals surface area contributed by atoms with Crippen LogP contribution in [0, 0.1) is 13.8 Å². The van der Waals surface area contributed by atoms with Gasteiger partial charge in [0, 0.05) is 11.4 Å². The van der Waals surface area contributed by atoms with Crippen molar-refractivity contribution in [3.63, 3.8) is 0 Å². The topological polar surface area (TPSA) is 36.4 Å². The van der Waals surface area contributed by atoms with Crippen LogP contribution in [0.4, 0.5) is 17.1 Å². The fourth-order valence-corrected chi connectivity index (χ4v) is 2.40. The van der Waals surface area contributed by atoms with Crippen molar-refractivity contribution < 1.29 is 0 Å². The number of anilines is 2. The molecule has 0 aliphatic heterocycles. The van der Waals surface area contributed by atoms with Crippen molar-refractivity contribution in [2.45, 2.75) is 13.8 Å². The van der Waals surface area contributed by atoms with E-state index in [9.17, 15) is 0 Å². The standard InChI is InChI=1S/C21H21N3/c1-16-10-6-8-14-19(16)23-21(22-18-12-4-3-5-13-18)24-20-15-9-7-11-17(20)2/h3-15H,1-2H3,(H2,22,23,24). The van der Waals surface area contributed by atoms with Gasteiger partial charge in [0.2, 0.25) is 5.96 Å². The lowest BCUT2D eigenvalue weighted by atomic mass is 10.2. The predicted molar refractivity (Wildman–Crippen MR) is 103 cm³/mol. The molecule has 3 heteroatoms. The van der Waals surface area contributed by atoms with Gasteiger partial charge in [0.1, 0.15) is 0 Å². The van der Waals surface area contributed by atoms with Crippen LogP contribution in [0.15, 0.2) is 83.9 Å². The molecule has 0 aromatic heterocycles. The molecular weight excluding hydrogens is 294 g/mol. The predicted octanol–water partition coefficient (Wildman–Crippen LogP) is 5.52. The van der Waals surface area contributed by atoms with Crippen molar-refractivity contribution in [2.24, 2.45) is 4.99 Å². The van der Waals surface area contributed by atoms with E-state index < -0.39 is 0 Å². The molecule has 0 aliphatic carbocycles. The Kier molecular flexibility index (Phi) is 4.92. The van der Waals surface area contributed by atoms with Crippen LogP contribution >= 0.6 is 0 Å². The second-order valence-corrected chi connectivity index (χ2v) is 5.68. The molecule has 3 rings (SSSR count). The summed E-state index contributed by atoms with van der Waals surface area (Å²) >= 11 is 0. The summed E-state index contributed by atoms with van der Waals surface area (Å²) in [6.45, 7) is 4.14. The number of rotatable bonds is 3. The van der Waals surface area contributed by atoms with Crippen LogP contribution < -0.4 is 10.6 Å². The summed E-state index contributed by atoms with van der Waals surface area (Å²) in [6.07, 6.45) is 0. The second kappa shape index (κ2) is 7.47. The third-order valence-corrected chi connectivity index (χ3v) is 3.78. The number of hydrogen-bond acceptors (Lipinski definition) is 1. The Balaban J connectivity index is 1.94. The first-order chi connectivity index (χ1) is 11.7. The molecule has 120 valence electrons. The Hall–Kier alpha value is -3.07. The van der Waals surface area contributed by atoms with E-state index >= 15 is 0 Å². The van der Waals surface area contributed by atoms with Gasteiger partial charge < -0.3 is 10.6 Å². The fraction of sp³-hybridized carbons (Fsp3) is 0.0952. The Bertz CT molecular complexity index is 838. The van der Waals surface area contributed by atoms with E-state index in [0.29, 0.717) is 5.96 Å². The molecule has 0 fully saturated rings. The summed E-state index contributed by atoms with van der Waals surface area (Å²) in [5.74, 6) is 0.699. The van der Waals surface area contributed by atoms with Crippen molar-refractivity contribution in [3.8, 4) is 0 Å². The molecule has 0 bridgehead atoms. The van der Waals surface area contributed by atoms with E-state index in [1.54, 1.807) is 0 Å². The van der Waals surface area contributed by atoms with Crippen LogP contribution in [-0.2, 0) is 0 Å². The van der Waals surface area contributed by atoms with Gasteiger partial charge in [-0.3, -0.25) is 0 Å². The van der Waals surface area contributed by atoms with Crippen molar-refractivity contribution in [3.05, 3.63) is 90.0 Å². The van der Waals surface area contributed by atoms with Gasteiger partial charge >= 0.3 is 0 Å². The average Bonchev–Trinajstić information content (AvgIpc) is 2.60. The molecule has 3 aromatic rings. The van der Waals surface area contributed by atoms with Crippen molar-refractivity contribution >= 4 is 23.0 Å². The summed E-state index contributed by atoms with van der Waals surface area (Å²) in [6, 6.07) is 26.3. The van der Waals surface area contributed by atoms with E-state index in [4.69, 9.17) is 4.99 Å². The highest BCUT2D eigenvalue weighted by Gasteiger charge is 2.05. The zero-order valence-corrected chi connectivity index (χ0v) is 14.0. The molecule has 3 nitrogen and oxygen atoms in total. The molecule has 0 saturated heterocycles. The average molecular weight is 315 g/mol. The molecule has 0 unspecified atom stereocenters. The van der Waals surface area contributed by atoms with Crippen LogP contribution in [0.5, 0.6) is 0 Å². The first-order valence-electron chi connectivity index (χ1n) is 8.01. The van der Waals surface area contributed by atoms with Crippen LogP contribution in [0.2, 0.25) is 0 Å². The van der Waals surface area contributed by atoms with E-state index in [0.717, 1.165) is 22.6 Å². The largest absolute Gasteiger partial charge is 0.326 e. The Labute approximate surface area is 143 Å². The van der Waals surface area contributed by atoms with Crippen LogP contribution in [0.3, 0.4) is 0 Å². The highest BCUT2D eigenvalue weighted by atomic mass is 15.2. The maximum atomic E-state index is 4.78. The zero-order valence-electron chi connectivity index (χ0n) is 14.0. The Morgan fingerprint density at radius 2 is 1.29 bits per heavy atom. The molecule has 0 radical (unpaired) electrons. The molecule has 0 spiro atoms. The van der Waals surface area contributed by atoms with Gasteiger partial charge in [-0.15, -0.1) is 0 Å². The maximum absolute atomic E-state index is 4.78. The smallest absolute Gasteiger partial charge is 0.205 e. The van der Waals surface area contributed by atoms with Crippen molar-refractivity contribution in [2.75, 3.05) is 10.6 Å². The van der Waals surface area contributed by atoms with Gasteiger partial charge in [0.15, 0.2) is 0 Å². The lowest BCUT2D eigenvalue weighted by Crippen LogP contribution is -2.22. The first kappa shape index (κ1) is 15.8. The number of nitrogens with one attached hydrogen (secondary N) is 2. The van der Waals surface area contributed by atoms with Gasteiger partial charge in [-0.2, -0.15) is 0 Å². The van der Waals surface area contributed by atoms with E-state index in [-0.39, 0.29) is 0 Å². The van der Waals surface area contributed by atoms with Gasteiger partial charge in [-0.05, 0) is 49.2 Å². The molecule has 0 aliphatic rings. The number of nitrogens with zero attached hydrogens (tertiary/aromatic N) is 1. The van der Waals surface area contributed by atoms with Gasteiger partial charge in [-0.25, -0.2) is 4.99 Å². The SMILES string of the molecule is Cc1ccccc1N=C(Nc1ccccc1)Nc1ccccc1C. The lowest BCUT2D eigenvalue weighted by Gasteiger charge is -2.14. The Morgan fingerprint density at radius 3 is 2.00 bits per heavy atom. The molecule has 0 amide bonds. The lowest BCUT2D eigenvalue weighted by molar-refractivity contribution is 1.37. The summed E-state index contributed by atoms with van der Waals surface area (Å²) in [4.78, 5) is 4.78. The van der Waals surface area contributed by atoms with Crippen LogP contribution in [0.25, 0.3) is 0 Å². The van der Waals surface area contributed by atoms with Gasteiger partial charge in [0.05, 0.1) is 5.69 Å². The Morgan fingerprint density at radius 1 is 0.667 bits per heavy atom. The number of para-hydroxylation sites is 3. The zero-order chi connectivity index (χ0) is 16.8. The quantitative estimate of drug-likeness (QED) is 0.493. The summed E-state index contributed by atoms with van der Waals surface area (Å²) < 4.78 is 0. The third-order valence-electron chi connectivity index (χ3n) is 3.78. The number of guanidine groups is 1. The summed E-state index contributed by atoms with van der Waals surface area (Å²) in [7, 11) is 0. The number of aliphatic imine (C=N–C) groups is 1. The van der Waals surface area contributed by atoms with E-state index in [1.807, 2.05) is 60.7 Å². The molecule has 2 N–H and O–H groups in total. The number of aryl methyl sites for hydroxylation is 2. The van der Waals surface area contributed by atoms with Gasteiger partial charge in [-0.1, -0.05) is 54.6 Å². The van der Waals surface area contributed by atoms with Crippen LogP contribution in [0.1, 0.15) is 11.1 Å². The molecule has 3 aromatic carbocycles. The minimum absolute atomic E-state index is 0.699. The van der Waals surface area contributed by atoms with Crippen LogP contribution in [-0.4, -0.2) is 5.96 Å². The minimum atomic E-state index is 0.699. The molecule has 0 heterocycles. The fourth-order valence-electron chi connectivity index (χ4n) is 2.40. The van der Waals surface area contributed by atoms with Crippen molar-refractivity contribution in [1.29, 1.82) is 0 Å². The van der Waals surface area contributed by atoms with E-state index in [2.05, 4.69) is 42.7 Å². The second-order valence-electron chi connectivity index (χ2n) is 5.68. The molecule has 24 heavy (non-hydrogen) atoms. The van der Waals surface area contributed by atoms with Crippen molar-refractivity contribution in [1.82, 2.24) is 0 Å². The minimum Gasteiger partial charge on any atom is -0.326 e. The molecular formula is C21H21N3. The van der Waals surface area contributed by atoms with Gasteiger partial charge in [0.25, 0.3) is 0 Å². The number of hydrogen-bond donors (Lipinski definition) is 2. The highest BCUT2D eigenvalue weighted by molar-refractivity contribution is 6.05. The molecule has 0 saturated carbocycles. The highest BCUT2D eigenvalue weighted by Crippen LogP contribution is 2.20. The summed E-state index contributed by atoms with van der Waals surface area (Å²) in [5, 5.41) is 6.78. The normalized spacial score (nSPS) is 11.2. The number of benzene rings is 3. The summed E-state index contributed by atoms with van der Waals surface area (Å²) in [5.41, 5.74) is 5.28. The monoisotopic (exact) mass is 315 g/mol. The first-order valence-corrected chi connectivity index (χ1v) is 8.01. The third kappa shape index (κ3) is 4.02.